The van der Waals surface area contributed by atoms with Gasteiger partial charge < -0.3 is 10.1 Å². The molecule has 0 radical (unpaired) electrons. The second-order valence-electron chi connectivity index (χ2n) is 5.92. The Hall–Kier alpha value is -4.20. The van der Waals surface area contributed by atoms with Crippen LogP contribution in [0, 0.1) is 10.1 Å². The van der Waals surface area contributed by atoms with Gasteiger partial charge in [0.05, 0.1) is 11.1 Å². The number of amides is 1. The van der Waals surface area contributed by atoms with E-state index in [9.17, 15) is 14.9 Å². The first-order valence-corrected chi connectivity index (χ1v) is 8.72. The van der Waals surface area contributed by atoms with Crippen molar-refractivity contribution in [2.75, 3.05) is 11.9 Å². The molecule has 29 heavy (non-hydrogen) atoms. The Bertz CT molecular complexity index is 1000. The van der Waals surface area contributed by atoms with Crippen molar-refractivity contribution in [1.82, 2.24) is 5.43 Å². The number of carbonyl (C=O) groups excluding carboxylic acids is 1. The van der Waals surface area contributed by atoms with Crippen LogP contribution < -0.4 is 15.5 Å². The summed E-state index contributed by atoms with van der Waals surface area (Å²) in [7, 11) is 0. The SMILES string of the molecule is O=C(COc1ccccc1[N+](=O)[O-])N/N=C\c1ccc(Nc2ccccc2)cc1. The van der Waals surface area contributed by atoms with Crippen molar-refractivity contribution >= 4 is 29.2 Å². The first-order valence-electron chi connectivity index (χ1n) is 8.72. The third-order valence-electron chi connectivity index (χ3n) is 3.80. The molecular weight excluding hydrogens is 372 g/mol. The van der Waals surface area contributed by atoms with Crippen LogP contribution in [0.2, 0.25) is 0 Å². The molecule has 0 atom stereocenters. The molecule has 8 heteroatoms. The van der Waals surface area contributed by atoms with E-state index in [4.69, 9.17) is 4.74 Å². The number of nitro benzene ring substituents is 1. The van der Waals surface area contributed by atoms with E-state index in [2.05, 4.69) is 15.8 Å². The molecular formula is C21H18N4O4. The number of hydrogen-bond donors (Lipinski definition) is 2. The number of anilines is 2. The van der Waals surface area contributed by atoms with Gasteiger partial charge >= 0.3 is 5.69 Å². The van der Waals surface area contributed by atoms with Crippen LogP contribution in [-0.4, -0.2) is 23.7 Å². The highest BCUT2D eigenvalue weighted by atomic mass is 16.6. The van der Waals surface area contributed by atoms with E-state index in [0.717, 1.165) is 16.9 Å². The molecule has 0 aliphatic rings. The number of para-hydroxylation sites is 3. The summed E-state index contributed by atoms with van der Waals surface area (Å²) >= 11 is 0. The molecule has 0 saturated heterocycles. The lowest BCUT2D eigenvalue weighted by molar-refractivity contribution is -0.385. The van der Waals surface area contributed by atoms with Gasteiger partial charge in [-0.1, -0.05) is 42.5 Å². The first kappa shape index (κ1) is 19.6. The molecule has 0 aromatic heterocycles. The molecule has 1 amide bonds. The molecule has 0 heterocycles. The van der Waals surface area contributed by atoms with E-state index in [1.807, 2.05) is 54.6 Å². The van der Waals surface area contributed by atoms with Crippen molar-refractivity contribution in [2.24, 2.45) is 5.10 Å². The predicted octanol–water partition coefficient (Wildman–Crippen LogP) is 3.87. The van der Waals surface area contributed by atoms with E-state index in [1.54, 1.807) is 6.07 Å². The molecule has 0 spiro atoms. The van der Waals surface area contributed by atoms with E-state index >= 15 is 0 Å². The molecule has 0 saturated carbocycles. The van der Waals surface area contributed by atoms with Crippen LogP contribution in [0.15, 0.2) is 84.0 Å². The Morgan fingerprint density at radius 1 is 0.966 bits per heavy atom. The zero-order valence-corrected chi connectivity index (χ0v) is 15.3. The summed E-state index contributed by atoms with van der Waals surface area (Å²) in [5, 5.41) is 18.1. The van der Waals surface area contributed by atoms with Crippen molar-refractivity contribution in [3.05, 3.63) is 94.5 Å². The summed E-state index contributed by atoms with van der Waals surface area (Å²) < 4.78 is 5.20. The van der Waals surface area contributed by atoms with Crippen molar-refractivity contribution < 1.29 is 14.5 Å². The number of rotatable bonds is 8. The summed E-state index contributed by atoms with van der Waals surface area (Å²) in [5.41, 5.74) is 4.83. The summed E-state index contributed by atoms with van der Waals surface area (Å²) in [6.45, 7) is -0.387. The molecule has 8 nitrogen and oxygen atoms in total. The van der Waals surface area contributed by atoms with Gasteiger partial charge in [0.15, 0.2) is 12.4 Å². The number of hydrogen-bond acceptors (Lipinski definition) is 6. The van der Waals surface area contributed by atoms with E-state index in [-0.39, 0.29) is 18.0 Å². The maximum absolute atomic E-state index is 11.8. The summed E-state index contributed by atoms with van der Waals surface area (Å²) in [6, 6.07) is 23.1. The van der Waals surface area contributed by atoms with E-state index < -0.39 is 10.8 Å². The highest BCUT2D eigenvalue weighted by molar-refractivity contribution is 5.83. The largest absolute Gasteiger partial charge is 0.477 e. The third-order valence-corrected chi connectivity index (χ3v) is 3.80. The van der Waals surface area contributed by atoms with Crippen LogP contribution in [0.3, 0.4) is 0 Å². The van der Waals surface area contributed by atoms with Gasteiger partial charge in [-0.25, -0.2) is 5.43 Å². The van der Waals surface area contributed by atoms with Crippen molar-refractivity contribution in [3.8, 4) is 5.75 Å². The van der Waals surface area contributed by atoms with Crippen LogP contribution in [-0.2, 0) is 4.79 Å². The van der Waals surface area contributed by atoms with Gasteiger partial charge in [-0.15, -0.1) is 0 Å². The number of benzene rings is 3. The number of nitrogens with one attached hydrogen (secondary N) is 2. The third kappa shape index (κ3) is 5.90. The molecule has 0 fully saturated rings. The standard InChI is InChI=1S/C21H18N4O4/c26-21(15-29-20-9-5-4-8-19(20)25(27)28)24-22-14-16-10-12-18(13-11-16)23-17-6-2-1-3-7-17/h1-14,23H,15H2,(H,24,26)/b22-14-. The smallest absolute Gasteiger partial charge is 0.310 e. The second kappa shape index (κ2) is 9.65. The van der Waals surface area contributed by atoms with E-state index in [0.29, 0.717) is 0 Å². The molecule has 0 bridgehead atoms. The van der Waals surface area contributed by atoms with Crippen LogP contribution >= 0.6 is 0 Å². The normalized spacial score (nSPS) is 10.5. The van der Waals surface area contributed by atoms with Gasteiger partial charge in [-0.3, -0.25) is 14.9 Å². The molecule has 3 rings (SSSR count). The lowest BCUT2D eigenvalue weighted by Crippen LogP contribution is -2.24. The summed E-state index contributed by atoms with van der Waals surface area (Å²) in [6.07, 6.45) is 1.50. The average molecular weight is 390 g/mol. The fourth-order valence-electron chi connectivity index (χ4n) is 2.43. The van der Waals surface area contributed by atoms with Gasteiger partial charge in [-0.05, 0) is 35.9 Å². The Kier molecular flexibility index (Phi) is 6.51. The van der Waals surface area contributed by atoms with Gasteiger partial charge in [0.1, 0.15) is 0 Å². The Morgan fingerprint density at radius 3 is 2.34 bits per heavy atom. The van der Waals surface area contributed by atoms with Crippen LogP contribution in [0.5, 0.6) is 5.75 Å². The van der Waals surface area contributed by atoms with Crippen LogP contribution in [0.1, 0.15) is 5.56 Å². The van der Waals surface area contributed by atoms with Gasteiger partial charge in [0, 0.05) is 17.4 Å². The highest BCUT2D eigenvalue weighted by Crippen LogP contribution is 2.25. The zero-order valence-electron chi connectivity index (χ0n) is 15.3. The van der Waals surface area contributed by atoms with E-state index in [1.165, 1.54) is 24.4 Å². The Balaban J connectivity index is 1.48. The molecule has 0 aliphatic heterocycles. The van der Waals surface area contributed by atoms with Crippen LogP contribution in [0.25, 0.3) is 0 Å². The molecule has 146 valence electrons. The van der Waals surface area contributed by atoms with Gasteiger partial charge in [0.2, 0.25) is 0 Å². The quantitative estimate of drug-likeness (QED) is 0.345. The zero-order chi connectivity index (χ0) is 20.5. The van der Waals surface area contributed by atoms with Crippen LogP contribution in [0.4, 0.5) is 17.1 Å². The first-order chi connectivity index (χ1) is 14.1. The minimum atomic E-state index is -0.568. The number of nitrogens with zero attached hydrogens (tertiary/aromatic N) is 2. The maximum Gasteiger partial charge on any atom is 0.310 e. The van der Waals surface area contributed by atoms with Crippen molar-refractivity contribution in [1.29, 1.82) is 0 Å². The number of ether oxygens (including phenoxy) is 1. The average Bonchev–Trinajstić information content (AvgIpc) is 2.74. The second-order valence-corrected chi connectivity index (χ2v) is 5.92. The summed E-state index contributed by atoms with van der Waals surface area (Å²) in [5.74, 6) is -0.500. The summed E-state index contributed by atoms with van der Waals surface area (Å²) in [4.78, 5) is 22.2. The molecule has 3 aromatic carbocycles. The predicted molar refractivity (Wildman–Crippen MR) is 110 cm³/mol. The molecule has 0 aliphatic carbocycles. The van der Waals surface area contributed by atoms with Gasteiger partial charge in [0.25, 0.3) is 5.91 Å². The van der Waals surface area contributed by atoms with Gasteiger partial charge in [-0.2, -0.15) is 5.10 Å². The molecule has 3 aromatic rings. The number of nitro groups is 1. The van der Waals surface area contributed by atoms with Crippen molar-refractivity contribution in [3.63, 3.8) is 0 Å². The Morgan fingerprint density at radius 2 is 1.62 bits per heavy atom. The lowest BCUT2D eigenvalue weighted by Gasteiger charge is -2.06. The fourth-order valence-corrected chi connectivity index (χ4v) is 2.43. The van der Waals surface area contributed by atoms with Crippen molar-refractivity contribution in [2.45, 2.75) is 0 Å². The Labute approximate surface area is 167 Å². The minimum Gasteiger partial charge on any atom is -0.477 e. The fraction of sp³-hybridized carbons (Fsp3) is 0.0476. The maximum atomic E-state index is 11.8. The molecule has 0 unspecified atom stereocenters. The number of hydrazone groups is 1. The monoisotopic (exact) mass is 390 g/mol. The molecule has 2 N–H and O–H groups in total. The lowest BCUT2D eigenvalue weighted by atomic mass is 10.2. The minimum absolute atomic E-state index is 0.0261. The number of carbonyl (C=O) groups is 1. The topological polar surface area (TPSA) is 106 Å². The highest BCUT2D eigenvalue weighted by Gasteiger charge is 2.14.